The summed E-state index contributed by atoms with van der Waals surface area (Å²) in [6, 6.07) is 1.75. The van der Waals surface area contributed by atoms with Gasteiger partial charge in [-0.1, -0.05) is 20.3 Å². The van der Waals surface area contributed by atoms with Crippen molar-refractivity contribution >= 4 is 10.2 Å². The highest BCUT2D eigenvalue weighted by Gasteiger charge is 2.36. The van der Waals surface area contributed by atoms with Crippen molar-refractivity contribution < 1.29 is 8.42 Å². The maximum Gasteiger partial charge on any atom is 0.282 e. The van der Waals surface area contributed by atoms with Crippen molar-refractivity contribution in [2.45, 2.75) is 39.2 Å². The maximum atomic E-state index is 12.7. The van der Waals surface area contributed by atoms with Crippen molar-refractivity contribution in [1.82, 2.24) is 18.8 Å². The van der Waals surface area contributed by atoms with Gasteiger partial charge in [0.15, 0.2) is 0 Å². The Bertz CT molecular complexity index is 482. The van der Waals surface area contributed by atoms with E-state index in [4.69, 9.17) is 0 Å². The van der Waals surface area contributed by atoms with E-state index in [1.165, 1.54) is 4.31 Å². The first kappa shape index (κ1) is 14.5. The Morgan fingerprint density at radius 3 is 2.74 bits per heavy atom. The first-order valence-corrected chi connectivity index (χ1v) is 8.27. The lowest BCUT2D eigenvalue weighted by Gasteiger charge is -2.36. The number of nitrogens with one attached hydrogen (secondary N) is 1. The van der Waals surface area contributed by atoms with Crippen LogP contribution in [0.25, 0.3) is 0 Å². The van der Waals surface area contributed by atoms with Crippen LogP contribution in [0.4, 0.5) is 0 Å². The summed E-state index contributed by atoms with van der Waals surface area (Å²) in [5.41, 5.74) is 0.885. The monoisotopic (exact) mass is 286 g/mol. The fourth-order valence-corrected chi connectivity index (χ4v) is 4.49. The lowest BCUT2D eigenvalue weighted by molar-refractivity contribution is 0.232. The zero-order chi connectivity index (χ0) is 13.9. The van der Waals surface area contributed by atoms with Crippen molar-refractivity contribution in [2.24, 2.45) is 0 Å². The smallest absolute Gasteiger partial charge is 0.281 e. The Morgan fingerprint density at radius 1 is 1.42 bits per heavy atom. The Labute approximate surface area is 115 Å². The second kappa shape index (κ2) is 6.02. The summed E-state index contributed by atoms with van der Waals surface area (Å²) in [5.74, 6) is 0. The van der Waals surface area contributed by atoms with Crippen molar-refractivity contribution in [2.75, 3.05) is 19.6 Å². The number of nitrogens with zero attached hydrogens (tertiary/aromatic N) is 3. The molecule has 1 fully saturated rings. The first-order valence-electron chi connectivity index (χ1n) is 6.87. The molecule has 108 valence electrons. The van der Waals surface area contributed by atoms with Crippen molar-refractivity contribution in [3.63, 3.8) is 0 Å². The number of hydrogen-bond acceptors (Lipinski definition) is 3. The van der Waals surface area contributed by atoms with Gasteiger partial charge < -0.3 is 0 Å². The molecule has 1 aromatic rings. The predicted octanol–water partition coefficient (Wildman–Crippen LogP) is 1.52. The molecule has 0 spiro atoms. The minimum absolute atomic E-state index is 0.109. The SMILES string of the molecule is CCN(CC)S(=O)(=O)N1CCCCC1c1ccn[nH]1. The van der Waals surface area contributed by atoms with E-state index in [0.29, 0.717) is 19.6 Å². The van der Waals surface area contributed by atoms with E-state index in [1.807, 2.05) is 19.9 Å². The van der Waals surface area contributed by atoms with Gasteiger partial charge in [0.2, 0.25) is 0 Å². The number of piperidine rings is 1. The molecule has 0 bridgehead atoms. The summed E-state index contributed by atoms with van der Waals surface area (Å²) in [6.45, 7) is 5.34. The molecule has 19 heavy (non-hydrogen) atoms. The van der Waals surface area contributed by atoms with Crippen molar-refractivity contribution in [1.29, 1.82) is 0 Å². The normalized spacial score (nSPS) is 21.9. The van der Waals surface area contributed by atoms with Gasteiger partial charge in [-0.3, -0.25) is 5.10 Å². The van der Waals surface area contributed by atoms with Gasteiger partial charge in [-0.05, 0) is 18.9 Å². The van der Waals surface area contributed by atoms with Crippen LogP contribution in [0.1, 0.15) is 44.8 Å². The molecule has 2 heterocycles. The van der Waals surface area contributed by atoms with Crippen LogP contribution in [0.3, 0.4) is 0 Å². The molecule has 1 aliphatic rings. The van der Waals surface area contributed by atoms with E-state index in [0.717, 1.165) is 25.0 Å². The molecule has 2 rings (SSSR count). The molecule has 1 aliphatic heterocycles. The largest absolute Gasteiger partial charge is 0.282 e. The van der Waals surface area contributed by atoms with Gasteiger partial charge in [0, 0.05) is 25.8 Å². The number of rotatable bonds is 5. The molecule has 1 saturated heterocycles. The van der Waals surface area contributed by atoms with Gasteiger partial charge in [0.1, 0.15) is 0 Å². The minimum atomic E-state index is -3.38. The molecule has 1 aromatic heterocycles. The molecular formula is C12H22N4O2S. The first-order chi connectivity index (χ1) is 9.11. The predicted molar refractivity (Wildman–Crippen MR) is 73.7 cm³/mol. The summed E-state index contributed by atoms with van der Waals surface area (Å²) in [6.07, 6.45) is 4.49. The summed E-state index contributed by atoms with van der Waals surface area (Å²) in [5, 5.41) is 6.85. The molecule has 7 heteroatoms. The molecular weight excluding hydrogens is 264 g/mol. The third-order valence-corrected chi connectivity index (χ3v) is 5.86. The molecule has 1 atom stereocenters. The Morgan fingerprint density at radius 2 is 2.16 bits per heavy atom. The highest BCUT2D eigenvalue weighted by atomic mass is 32.2. The van der Waals surface area contributed by atoms with E-state index in [1.54, 1.807) is 10.5 Å². The highest BCUT2D eigenvalue weighted by Crippen LogP contribution is 2.32. The molecule has 0 aliphatic carbocycles. The summed E-state index contributed by atoms with van der Waals surface area (Å²) >= 11 is 0. The van der Waals surface area contributed by atoms with E-state index < -0.39 is 10.2 Å². The number of H-pyrrole nitrogens is 1. The summed E-state index contributed by atoms with van der Waals surface area (Å²) in [4.78, 5) is 0. The fourth-order valence-electron chi connectivity index (χ4n) is 2.64. The molecule has 0 radical (unpaired) electrons. The number of hydrogen-bond donors (Lipinski definition) is 1. The van der Waals surface area contributed by atoms with Gasteiger partial charge in [-0.25, -0.2) is 0 Å². The molecule has 1 N–H and O–H groups in total. The molecule has 0 aromatic carbocycles. The lowest BCUT2D eigenvalue weighted by atomic mass is 10.0. The van der Waals surface area contributed by atoms with Crippen molar-refractivity contribution in [3.05, 3.63) is 18.0 Å². The molecule has 0 saturated carbocycles. The quantitative estimate of drug-likeness (QED) is 0.892. The van der Waals surface area contributed by atoms with Gasteiger partial charge in [-0.2, -0.15) is 22.1 Å². The van der Waals surface area contributed by atoms with Crippen LogP contribution in [0.15, 0.2) is 12.3 Å². The van der Waals surface area contributed by atoms with Gasteiger partial charge in [0.05, 0.1) is 11.7 Å². The van der Waals surface area contributed by atoms with Gasteiger partial charge in [0.25, 0.3) is 10.2 Å². The standard InChI is InChI=1S/C12H22N4O2S/c1-3-15(4-2)19(17,18)16-10-6-5-7-12(16)11-8-9-13-14-11/h8-9,12H,3-7,10H2,1-2H3,(H,13,14). The van der Waals surface area contributed by atoms with Crippen LogP contribution in [0.5, 0.6) is 0 Å². The Hall–Kier alpha value is -0.920. The molecule has 6 nitrogen and oxygen atoms in total. The third kappa shape index (κ3) is 2.82. The third-order valence-electron chi connectivity index (χ3n) is 3.66. The number of aromatic amines is 1. The Kier molecular flexibility index (Phi) is 4.59. The van der Waals surface area contributed by atoms with Crippen LogP contribution in [-0.4, -0.2) is 46.9 Å². The Balaban J connectivity index is 2.29. The van der Waals surface area contributed by atoms with E-state index in [9.17, 15) is 8.42 Å². The second-order valence-corrected chi connectivity index (χ2v) is 6.61. The van der Waals surface area contributed by atoms with E-state index >= 15 is 0 Å². The average Bonchev–Trinajstić information content (AvgIpc) is 2.93. The highest BCUT2D eigenvalue weighted by molar-refractivity contribution is 7.86. The maximum absolute atomic E-state index is 12.7. The van der Waals surface area contributed by atoms with Crippen molar-refractivity contribution in [3.8, 4) is 0 Å². The lowest BCUT2D eigenvalue weighted by Crippen LogP contribution is -2.47. The topological polar surface area (TPSA) is 69.3 Å². The van der Waals surface area contributed by atoms with Crippen LogP contribution in [-0.2, 0) is 10.2 Å². The van der Waals surface area contributed by atoms with E-state index in [-0.39, 0.29) is 6.04 Å². The zero-order valence-electron chi connectivity index (χ0n) is 11.5. The van der Waals surface area contributed by atoms with Crippen LogP contribution in [0, 0.1) is 0 Å². The molecule has 0 amide bonds. The summed E-state index contributed by atoms with van der Waals surface area (Å²) < 4.78 is 28.5. The van der Waals surface area contributed by atoms with Gasteiger partial charge in [-0.15, -0.1) is 0 Å². The van der Waals surface area contributed by atoms with Crippen LogP contribution in [0.2, 0.25) is 0 Å². The zero-order valence-corrected chi connectivity index (χ0v) is 12.4. The minimum Gasteiger partial charge on any atom is -0.281 e. The van der Waals surface area contributed by atoms with E-state index in [2.05, 4.69) is 10.2 Å². The summed E-state index contributed by atoms with van der Waals surface area (Å²) in [7, 11) is -3.38. The second-order valence-electron chi connectivity index (χ2n) is 4.73. The molecule has 1 unspecified atom stereocenters. The van der Waals surface area contributed by atoms with Gasteiger partial charge >= 0.3 is 0 Å². The van der Waals surface area contributed by atoms with Crippen LogP contribution < -0.4 is 0 Å². The fraction of sp³-hybridized carbons (Fsp3) is 0.750. The average molecular weight is 286 g/mol. The number of aromatic nitrogens is 2. The van der Waals surface area contributed by atoms with Crippen LogP contribution >= 0.6 is 0 Å².